The molecule has 3 aromatic rings. The van der Waals surface area contributed by atoms with Crippen LogP contribution in [0.15, 0.2) is 33.8 Å². The minimum absolute atomic E-state index is 0.0211. The van der Waals surface area contributed by atoms with Crippen molar-refractivity contribution < 1.29 is 4.52 Å². The van der Waals surface area contributed by atoms with E-state index in [9.17, 15) is 4.79 Å². The molecule has 1 aromatic carbocycles. The number of anilines is 1. The first kappa shape index (κ1) is 19.2. The Labute approximate surface area is 175 Å². The van der Waals surface area contributed by atoms with E-state index in [1.807, 2.05) is 32.0 Å². The molecule has 2 aromatic heterocycles. The van der Waals surface area contributed by atoms with Gasteiger partial charge in [0, 0.05) is 43.8 Å². The van der Waals surface area contributed by atoms with Gasteiger partial charge >= 0.3 is 0 Å². The lowest BCUT2D eigenvalue weighted by Crippen LogP contribution is -2.46. The van der Waals surface area contributed by atoms with E-state index in [2.05, 4.69) is 24.9 Å². The van der Waals surface area contributed by atoms with Gasteiger partial charge in [0.2, 0.25) is 5.89 Å². The van der Waals surface area contributed by atoms with Gasteiger partial charge in [-0.25, -0.2) is 4.98 Å². The van der Waals surface area contributed by atoms with Gasteiger partial charge < -0.3 is 9.42 Å². The van der Waals surface area contributed by atoms with Gasteiger partial charge in [-0.3, -0.25) is 14.3 Å². The van der Waals surface area contributed by atoms with E-state index in [0.29, 0.717) is 11.3 Å². The SMILES string of the molecule is CC(C)n1cnc2cc(N3CCN(Cc4noc(C5CCC5)n4)CC3)ccc2c1=O. The summed E-state index contributed by atoms with van der Waals surface area (Å²) in [7, 11) is 0. The maximum absolute atomic E-state index is 12.6. The molecule has 30 heavy (non-hydrogen) atoms. The third-order valence-corrected chi connectivity index (χ3v) is 6.36. The summed E-state index contributed by atoms with van der Waals surface area (Å²) in [6.45, 7) is 8.43. The monoisotopic (exact) mass is 408 g/mol. The van der Waals surface area contributed by atoms with Gasteiger partial charge in [0.1, 0.15) is 0 Å². The van der Waals surface area contributed by atoms with Gasteiger partial charge in [0.15, 0.2) is 5.82 Å². The van der Waals surface area contributed by atoms with Crippen LogP contribution in [0.5, 0.6) is 0 Å². The zero-order valence-corrected chi connectivity index (χ0v) is 17.6. The molecule has 0 atom stereocenters. The molecule has 0 bridgehead atoms. The van der Waals surface area contributed by atoms with Gasteiger partial charge in [-0.2, -0.15) is 4.98 Å². The molecule has 0 unspecified atom stereocenters. The number of benzene rings is 1. The summed E-state index contributed by atoms with van der Waals surface area (Å²) < 4.78 is 7.12. The summed E-state index contributed by atoms with van der Waals surface area (Å²) in [6.07, 6.45) is 5.26. The maximum atomic E-state index is 12.6. The van der Waals surface area contributed by atoms with Crippen LogP contribution in [0.4, 0.5) is 5.69 Å². The average Bonchev–Trinajstić information content (AvgIpc) is 3.14. The second-order valence-electron chi connectivity index (χ2n) is 8.69. The minimum atomic E-state index is 0.0211. The molecular formula is C22H28N6O2. The average molecular weight is 409 g/mol. The first-order chi connectivity index (χ1) is 14.6. The molecule has 8 heteroatoms. The molecular weight excluding hydrogens is 380 g/mol. The van der Waals surface area contributed by atoms with E-state index < -0.39 is 0 Å². The third-order valence-electron chi connectivity index (χ3n) is 6.36. The highest BCUT2D eigenvalue weighted by Crippen LogP contribution is 2.35. The predicted octanol–water partition coefficient (Wildman–Crippen LogP) is 2.95. The molecule has 8 nitrogen and oxygen atoms in total. The Balaban J connectivity index is 1.23. The van der Waals surface area contributed by atoms with Crippen LogP contribution >= 0.6 is 0 Å². The number of hydrogen-bond donors (Lipinski definition) is 0. The quantitative estimate of drug-likeness (QED) is 0.642. The van der Waals surface area contributed by atoms with Gasteiger partial charge in [-0.05, 0) is 44.9 Å². The highest BCUT2D eigenvalue weighted by atomic mass is 16.5. The van der Waals surface area contributed by atoms with Crippen molar-refractivity contribution in [3.63, 3.8) is 0 Å². The third kappa shape index (κ3) is 3.60. The van der Waals surface area contributed by atoms with Gasteiger partial charge in [0.05, 0.1) is 23.8 Å². The standard InChI is InChI=1S/C22H28N6O2/c1-15(2)28-14-23-19-12-17(6-7-18(19)22(28)29)27-10-8-26(9-11-27)13-20-24-21(30-25-20)16-4-3-5-16/h6-7,12,14-16H,3-5,8-11,13H2,1-2H3. The molecule has 2 aliphatic rings. The summed E-state index contributed by atoms with van der Waals surface area (Å²) in [5, 5.41) is 4.84. The van der Waals surface area contributed by atoms with Crippen LogP contribution in [0.2, 0.25) is 0 Å². The van der Waals surface area contributed by atoms with Crippen LogP contribution in [0.3, 0.4) is 0 Å². The fourth-order valence-electron chi connectivity index (χ4n) is 4.21. The number of aromatic nitrogens is 4. The lowest BCUT2D eigenvalue weighted by atomic mass is 9.85. The van der Waals surface area contributed by atoms with Gasteiger partial charge in [-0.15, -0.1) is 0 Å². The van der Waals surface area contributed by atoms with Crippen molar-refractivity contribution >= 4 is 16.6 Å². The van der Waals surface area contributed by atoms with Crippen molar-refractivity contribution in [2.24, 2.45) is 0 Å². The summed E-state index contributed by atoms with van der Waals surface area (Å²) in [6, 6.07) is 6.08. The number of hydrogen-bond acceptors (Lipinski definition) is 7. The second-order valence-corrected chi connectivity index (χ2v) is 8.69. The van der Waals surface area contributed by atoms with Crippen molar-refractivity contribution in [1.29, 1.82) is 0 Å². The van der Waals surface area contributed by atoms with E-state index in [1.54, 1.807) is 10.9 Å². The zero-order valence-electron chi connectivity index (χ0n) is 17.6. The summed E-state index contributed by atoms with van der Waals surface area (Å²) in [5.74, 6) is 2.09. The zero-order chi connectivity index (χ0) is 20.7. The normalized spacial score (nSPS) is 18.3. The largest absolute Gasteiger partial charge is 0.369 e. The predicted molar refractivity (Wildman–Crippen MR) is 115 cm³/mol. The first-order valence-corrected chi connectivity index (χ1v) is 10.9. The smallest absolute Gasteiger partial charge is 0.261 e. The fourth-order valence-corrected chi connectivity index (χ4v) is 4.21. The van der Waals surface area contributed by atoms with Crippen molar-refractivity contribution in [3.05, 3.63) is 46.6 Å². The Morgan fingerprint density at radius 2 is 1.97 bits per heavy atom. The first-order valence-electron chi connectivity index (χ1n) is 10.9. The fraction of sp³-hybridized carbons (Fsp3) is 0.545. The van der Waals surface area contributed by atoms with Gasteiger partial charge in [0.25, 0.3) is 5.56 Å². The maximum Gasteiger partial charge on any atom is 0.261 e. The van der Waals surface area contributed by atoms with Crippen LogP contribution in [-0.4, -0.2) is 50.8 Å². The molecule has 1 saturated carbocycles. The van der Waals surface area contributed by atoms with Crippen LogP contribution in [0.25, 0.3) is 10.9 Å². The van der Waals surface area contributed by atoms with Gasteiger partial charge in [-0.1, -0.05) is 11.6 Å². The Bertz CT molecular complexity index is 1090. The lowest BCUT2D eigenvalue weighted by Gasteiger charge is -2.35. The molecule has 3 heterocycles. The van der Waals surface area contributed by atoms with E-state index in [1.165, 1.54) is 19.3 Å². The number of piperazine rings is 1. The molecule has 0 radical (unpaired) electrons. The lowest BCUT2D eigenvalue weighted by molar-refractivity contribution is 0.238. The van der Waals surface area contributed by atoms with E-state index >= 15 is 0 Å². The Kier molecular flexibility index (Phi) is 5.02. The van der Waals surface area contributed by atoms with E-state index in [-0.39, 0.29) is 11.6 Å². The topological polar surface area (TPSA) is 80.3 Å². The second kappa shape index (κ2) is 7.83. The van der Waals surface area contributed by atoms with Crippen molar-refractivity contribution in [1.82, 2.24) is 24.6 Å². The van der Waals surface area contributed by atoms with E-state index in [4.69, 9.17) is 4.52 Å². The molecule has 1 aliphatic carbocycles. The highest BCUT2D eigenvalue weighted by Gasteiger charge is 2.26. The Hall–Kier alpha value is -2.74. The molecule has 1 saturated heterocycles. The molecule has 1 aliphatic heterocycles. The van der Waals surface area contributed by atoms with E-state index in [0.717, 1.165) is 55.6 Å². The molecule has 0 N–H and O–H groups in total. The van der Waals surface area contributed by atoms with Crippen LogP contribution in [0.1, 0.15) is 56.8 Å². The minimum Gasteiger partial charge on any atom is -0.369 e. The highest BCUT2D eigenvalue weighted by molar-refractivity contribution is 5.81. The summed E-state index contributed by atoms with van der Waals surface area (Å²) >= 11 is 0. The molecule has 2 fully saturated rings. The Morgan fingerprint density at radius 3 is 2.67 bits per heavy atom. The van der Waals surface area contributed by atoms with Crippen molar-refractivity contribution in [3.8, 4) is 0 Å². The molecule has 5 rings (SSSR count). The van der Waals surface area contributed by atoms with Crippen LogP contribution < -0.4 is 10.5 Å². The molecule has 0 amide bonds. The molecule has 0 spiro atoms. The van der Waals surface area contributed by atoms with Crippen molar-refractivity contribution in [2.45, 2.75) is 51.6 Å². The number of rotatable bonds is 5. The molecule has 158 valence electrons. The van der Waals surface area contributed by atoms with Crippen LogP contribution in [0, 0.1) is 0 Å². The number of fused-ring (bicyclic) bond motifs is 1. The summed E-state index contributed by atoms with van der Waals surface area (Å²) in [5.41, 5.74) is 1.89. The van der Waals surface area contributed by atoms with Crippen molar-refractivity contribution in [2.75, 3.05) is 31.1 Å². The van der Waals surface area contributed by atoms with Crippen LogP contribution in [-0.2, 0) is 6.54 Å². The number of nitrogens with zero attached hydrogens (tertiary/aromatic N) is 6. The summed E-state index contributed by atoms with van der Waals surface area (Å²) in [4.78, 5) is 26.4. The Morgan fingerprint density at radius 1 is 1.17 bits per heavy atom.